The molecule has 2 aromatic carbocycles. The van der Waals surface area contributed by atoms with Crippen molar-refractivity contribution in [1.29, 1.82) is 0 Å². The van der Waals surface area contributed by atoms with Gasteiger partial charge in [0, 0.05) is 67.3 Å². The minimum Gasteiger partial charge on any atom is -0.369 e. The third-order valence-electron chi connectivity index (χ3n) is 6.04. The molecule has 0 radical (unpaired) electrons. The molecule has 0 saturated carbocycles. The second kappa shape index (κ2) is 7.65. The lowest BCUT2D eigenvalue weighted by molar-refractivity contribution is 0.589. The third kappa shape index (κ3) is 3.34. The summed E-state index contributed by atoms with van der Waals surface area (Å²) in [4.78, 5) is 14.9. The number of benzene rings is 2. The third-order valence-corrected chi connectivity index (χ3v) is 6.04. The smallest absolute Gasteiger partial charge is 0.143 e. The molecule has 1 fully saturated rings. The van der Waals surface area contributed by atoms with Gasteiger partial charge in [0.05, 0.1) is 11.6 Å². The fourth-order valence-electron chi connectivity index (χ4n) is 4.38. The lowest BCUT2D eigenvalue weighted by Crippen LogP contribution is -2.43. The molecule has 1 aliphatic heterocycles. The van der Waals surface area contributed by atoms with E-state index in [0.29, 0.717) is 0 Å². The first-order valence-corrected chi connectivity index (χ1v) is 10.8. The summed E-state index contributed by atoms with van der Waals surface area (Å²) in [5.74, 6) is 0.791. The van der Waals surface area contributed by atoms with Gasteiger partial charge in [-0.25, -0.2) is 9.97 Å². The lowest BCUT2D eigenvalue weighted by atomic mass is 10.1. The molecule has 3 N–H and O–H groups in total. The first-order valence-electron chi connectivity index (χ1n) is 10.8. The number of aryl methyl sites for hydroxylation is 1. The summed E-state index contributed by atoms with van der Waals surface area (Å²) in [6, 6.07) is 14.9. The number of aromatic nitrogens is 5. The number of hydrogen-bond acceptors (Lipinski definition) is 6. The second-order valence-corrected chi connectivity index (χ2v) is 8.14. The highest BCUT2D eigenvalue weighted by Gasteiger charge is 2.14. The maximum Gasteiger partial charge on any atom is 0.143 e. The topological polar surface area (TPSA) is 86.7 Å². The van der Waals surface area contributed by atoms with Gasteiger partial charge in [0.1, 0.15) is 17.8 Å². The van der Waals surface area contributed by atoms with Gasteiger partial charge in [-0.2, -0.15) is 5.10 Å². The van der Waals surface area contributed by atoms with E-state index in [4.69, 9.17) is 0 Å². The Morgan fingerprint density at radius 3 is 2.59 bits per heavy atom. The molecule has 3 aromatic heterocycles. The molecule has 0 bridgehead atoms. The molecule has 6 rings (SSSR count). The van der Waals surface area contributed by atoms with Crippen LogP contribution in [0.4, 0.5) is 17.2 Å². The Kier molecular flexibility index (Phi) is 4.50. The molecule has 0 atom stereocenters. The fourth-order valence-corrected chi connectivity index (χ4v) is 4.38. The summed E-state index contributed by atoms with van der Waals surface area (Å²) >= 11 is 0. The van der Waals surface area contributed by atoms with Crippen LogP contribution in [0.1, 0.15) is 0 Å². The van der Waals surface area contributed by atoms with E-state index < -0.39 is 0 Å². The Labute approximate surface area is 185 Å². The number of piperazine rings is 1. The van der Waals surface area contributed by atoms with E-state index >= 15 is 0 Å². The van der Waals surface area contributed by atoms with Crippen molar-refractivity contribution in [2.75, 3.05) is 36.4 Å². The van der Waals surface area contributed by atoms with Gasteiger partial charge in [-0.05, 0) is 42.0 Å². The van der Waals surface area contributed by atoms with Gasteiger partial charge in [0.25, 0.3) is 0 Å². The van der Waals surface area contributed by atoms with Gasteiger partial charge in [-0.1, -0.05) is 6.07 Å². The average molecular weight is 425 g/mol. The number of nitrogens with one attached hydrogen (secondary N) is 3. The maximum absolute atomic E-state index is 4.57. The predicted octanol–water partition coefficient (Wildman–Crippen LogP) is 3.66. The van der Waals surface area contributed by atoms with Crippen molar-refractivity contribution < 1.29 is 0 Å². The summed E-state index contributed by atoms with van der Waals surface area (Å²) in [5.41, 5.74) is 6.29. The minimum atomic E-state index is 0.791. The number of fused-ring (bicyclic) bond motifs is 3. The van der Waals surface area contributed by atoms with Crippen LogP contribution in [-0.2, 0) is 7.05 Å². The summed E-state index contributed by atoms with van der Waals surface area (Å²) in [6.07, 6.45) is 5.49. The first kappa shape index (κ1) is 18.8. The number of hydrogen-bond donors (Lipinski definition) is 3. The van der Waals surface area contributed by atoms with Crippen molar-refractivity contribution in [2.45, 2.75) is 0 Å². The van der Waals surface area contributed by atoms with Crippen LogP contribution in [0.2, 0.25) is 0 Å². The Bertz CT molecular complexity index is 1390. The normalized spacial score (nSPS) is 14.3. The maximum atomic E-state index is 4.57. The van der Waals surface area contributed by atoms with Crippen molar-refractivity contribution in [3.8, 4) is 11.1 Å². The molecule has 32 heavy (non-hydrogen) atoms. The number of nitrogens with zero attached hydrogens (tertiary/aromatic N) is 5. The van der Waals surface area contributed by atoms with E-state index in [9.17, 15) is 0 Å². The van der Waals surface area contributed by atoms with Crippen LogP contribution >= 0.6 is 0 Å². The van der Waals surface area contributed by atoms with E-state index in [1.165, 1.54) is 5.69 Å². The Morgan fingerprint density at radius 2 is 1.81 bits per heavy atom. The highest BCUT2D eigenvalue weighted by Crippen LogP contribution is 2.33. The van der Waals surface area contributed by atoms with Crippen molar-refractivity contribution in [3.05, 3.63) is 61.2 Å². The van der Waals surface area contributed by atoms with E-state index in [1.54, 1.807) is 6.33 Å². The van der Waals surface area contributed by atoms with Crippen LogP contribution in [0.25, 0.3) is 33.1 Å². The molecule has 4 heterocycles. The Hall–Kier alpha value is -3.91. The number of aromatic amines is 1. The summed E-state index contributed by atoms with van der Waals surface area (Å²) in [6.45, 7) is 4.13. The minimum absolute atomic E-state index is 0.791. The molecule has 0 amide bonds. The van der Waals surface area contributed by atoms with Crippen molar-refractivity contribution in [1.82, 2.24) is 30.0 Å². The Balaban J connectivity index is 1.37. The van der Waals surface area contributed by atoms with Crippen LogP contribution in [0, 0.1) is 0 Å². The molecule has 8 heteroatoms. The van der Waals surface area contributed by atoms with Crippen LogP contribution in [-0.4, -0.2) is 50.9 Å². The highest BCUT2D eigenvalue weighted by atomic mass is 15.2. The first-order chi connectivity index (χ1) is 15.7. The SMILES string of the molecule is Cn1cc(-c2ccc3[nH]c4ncnc(Nc5ccc(N6CCNCC6)cc5)c4c3c2)cn1. The summed E-state index contributed by atoms with van der Waals surface area (Å²) in [5, 5.41) is 13.3. The molecular weight excluding hydrogens is 400 g/mol. The van der Waals surface area contributed by atoms with Crippen molar-refractivity contribution in [3.63, 3.8) is 0 Å². The van der Waals surface area contributed by atoms with Gasteiger partial charge >= 0.3 is 0 Å². The second-order valence-electron chi connectivity index (χ2n) is 8.14. The van der Waals surface area contributed by atoms with Crippen LogP contribution < -0.4 is 15.5 Å². The van der Waals surface area contributed by atoms with E-state index in [0.717, 1.165) is 70.7 Å². The summed E-state index contributed by atoms with van der Waals surface area (Å²) < 4.78 is 1.81. The fraction of sp³-hybridized carbons (Fsp3) is 0.208. The van der Waals surface area contributed by atoms with E-state index in [2.05, 4.69) is 78.0 Å². The molecule has 8 nitrogen and oxygen atoms in total. The number of anilines is 3. The molecule has 0 spiro atoms. The molecule has 0 unspecified atom stereocenters. The highest BCUT2D eigenvalue weighted by molar-refractivity contribution is 6.12. The molecule has 1 saturated heterocycles. The molecule has 160 valence electrons. The van der Waals surface area contributed by atoms with E-state index in [-0.39, 0.29) is 0 Å². The van der Waals surface area contributed by atoms with Gasteiger partial charge in [-0.15, -0.1) is 0 Å². The standard InChI is InChI=1S/C24H24N8/c1-31-14-17(13-28-31)16-2-7-21-20(12-16)22-23(26-15-27-24(22)30-21)29-18-3-5-19(6-4-18)32-10-8-25-9-11-32/h2-7,12-15,25H,8-11H2,1H3,(H2,26,27,29,30). The van der Waals surface area contributed by atoms with Crippen LogP contribution in [0.5, 0.6) is 0 Å². The number of H-pyrrole nitrogens is 1. The van der Waals surface area contributed by atoms with Gasteiger partial charge in [-0.3, -0.25) is 4.68 Å². The molecular formula is C24H24N8. The molecule has 1 aliphatic rings. The van der Waals surface area contributed by atoms with Gasteiger partial charge in [0.15, 0.2) is 0 Å². The number of rotatable bonds is 4. The predicted molar refractivity (Wildman–Crippen MR) is 128 cm³/mol. The largest absolute Gasteiger partial charge is 0.369 e. The monoisotopic (exact) mass is 424 g/mol. The molecule has 0 aliphatic carbocycles. The van der Waals surface area contributed by atoms with Gasteiger partial charge < -0.3 is 20.5 Å². The van der Waals surface area contributed by atoms with Crippen molar-refractivity contribution >= 4 is 39.1 Å². The summed E-state index contributed by atoms with van der Waals surface area (Å²) in [7, 11) is 1.93. The van der Waals surface area contributed by atoms with Crippen LogP contribution in [0.15, 0.2) is 61.2 Å². The van der Waals surface area contributed by atoms with Crippen LogP contribution in [0.3, 0.4) is 0 Å². The van der Waals surface area contributed by atoms with Crippen molar-refractivity contribution in [2.24, 2.45) is 7.05 Å². The lowest BCUT2D eigenvalue weighted by Gasteiger charge is -2.29. The van der Waals surface area contributed by atoms with Gasteiger partial charge in [0.2, 0.25) is 0 Å². The molecule has 5 aromatic rings. The zero-order valence-electron chi connectivity index (χ0n) is 17.8. The zero-order chi connectivity index (χ0) is 21.5. The average Bonchev–Trinajstić information content (AvgIpc) is 3.43. The zero-order valence-corrected chi connectivity index (χ0v) is 17.8. The quantitative estimate of drug-likeness (QED) is 0.408. The van der Waals surface area contributed by atoms with E-state index in [1.807, 2.05) is 24.1 Å². The Morgan fingerprint density at radius 1 is 0.969 bits per heavy atom.